The average molecular weight is 291 g/mol. The fourth-order valence-electron chi connectivity index (χ4n) is 1.50. The van der Waals surface area contributed by atoms with Gasteiger partial charge in [0.1, 0.15) is 0 Å². The number of hydrogen-bond acceptors (Lipinski definition) is 3. The molecule has 0 atom stereocenters. The lowest BCUT2D eigenvalue weighted by Crippen LogP contribution is -2.21. The molecular weight excluding hydrogens is 285 g/mol. The molecule has 0 aliphatic carbocycles. The maximum absolute atomic E-state index is 13.0. The predicted octanol–water partition coefficient (Wildman–Crippen LogP) is 2.04. The summed E-state index contributed by atoms with van der Waals surface area (Å²) in [6.07, 6.45) is -2.83. The largest absolute Gasteiger partial charge is 0.434 e. The van der Waals surface area contributed by atoms with Crippen LogP contribution in [0.2, 0.25) is 5.02 Å². The molecule has 2 N–H and O–H groups in total. The first kappa shape index (κ1) is 13.3. The SMILES string of the molecule is NC(=O)c1cnn(-c2ncccc2Cl)c1C(F)(F)F. The summed E-state index contributed by atoms with van der Waals surface area (Å²) in [6, 6.07) is 2.81. The average Bonchev–Trinajstić information content (AvgIpc) is 2.73. The highest BCUT2D eigenvalue weighted by atomic mass is 35.5. The van der Waals surface area contributed by atoms with Crippen molar-refractivity contribution in [3.63, 3.8) is 0 Å². The van der Waals surface area contributed by atoms with E-state index in [4.69, 9.17) is 17.3 Å². The van der Waals surface area contributed by atoms with Gasteiger partial charge >= 0.3 is 6.18 Å². The van der Waals surface area contributed by atoms with Crippen molar-refractivity contribution in [2.45, 2.75) is 6.18 Å². The summed E-state index contributed by atoms with van der Waals surface area (Å²) in [7, 11) is 0. The van der Waals surface area contributed by atoms with E-state index in [9.17, 15) is 18.0 Å². The van der Waals surface area contributed by atoms with Crippen molar-refractivity contribution in [2.24, 2.45) is 5.73 Å². The number of aromatic nitrogens is 3. The van der Waals surface area contributed by atoms with E-state index in [0.29, 0.717) is 4.68 Å². The molecule has 2 heterocycles. The van der Waals surface area contributed by atoms with Gasteiger partial charge in [-0.25, -0.2) is 9.67 Å². The number of amides is 1. The van der Waals surface area contributed by atoms with Crippen LogP contribution in [0.1, 0.15) is 16.1 Å². The minimum atomic E-state index is -4.82. The highest BCUT2D eigenvalue weighted by Gasteiger charge is 2.40. The maximum Gasteiger partial charge on any atom is 0.434 e. The molecule has 100 valence electrons. The Morgan fingerprint density at radius 1 is 1.42 bits per heavy atom. The van der Waals surface area contributed by atoms with Crippen LogP contribution in [0.25, 0.3) is 5.82 Å². The van der Waals surface area contributed by atoms with E-state index < -0.39 is 23.3 Å². The molecule has 2 rings (SSSR count). The second-order valence-corrected chi connectivity index (χ2v) is 3.90. The molecular formula is C10H6ClF3N4O. The number of nitrogens with zero attached hydrogens (tertiary/aromatic N) is 3. The van der Waals surface area contributed by atoms with Crippen LogP contribution < -0.4 is 5.73 Å². The fourth-order valence-corrected chi connectivity index (χ4v) is 1.70. The van der Waals surface area contributed by atoms with E-state index in [1.165, 1.54) is 18.3 Å². The van der Waals surface area contributed by atoms with E-state index in [1.54, 1.807) is 0 Å². The molecule has 2 aromatic rings. The van der Waals surface area contributed by atoms with Gasteiger partial charge in [-0.05, 0) is 12.1 Å². The summed E-state index contributed by atoms with van der Waals surface area (Å²) in [5, 5.41) is 3.45. The van der Waals surface area contributed by atoms with Gasteiger partial charge in [0.25, 0.3) is 5.91 Å². The molecule has 9 heteroatoms. The number of carbonyl (C=O) groups is 1. The van der Waals surface area contributed by atoms with Gasteiger partial charge in [0.2, 0.25) is 0 Å². The van der Waals surface area contributed by atoms with Crippen LogP contribution in [0.15, 0.2) is 24.5 Å². The lowest BCUT2D eigenvalue weighted by molar-refractivity contribution is -0.143. The van der Waals surface area contributed by atoms with Crippen LogP contribution >= 0.6 is 11.6 Å². The number of carbonyl (C=O) groups excluding carboxylic acids is 1. The van der Waals surface area contributed by atoms with Crippen molar-refractivity contribution in [1.29, 1.82) is 0 Å². The Morgan fingerprint density at radius 2 is 2.11 bits per heavy atom. The van der Waals surface area contributed by atoms with Gasteiger partial charge in [-0.15, -0.1) is 0 Å². The van der Waals surface area contributed by atoms with Crippen molar-refractivity contribution in [3.8, 4) is 5.82 Å². The number of rotatable bonds is 2. The van der Waals surface area contributed by atoms with Crippen molar-refractivity contribution in [1.82, 2.24) is 14.8 Å². The molecule has 19 heavy (non-hydrogen) atoms. The van der Waals surface area contributed by atoms with Gasteiger partial charge in [-0.3, -0.25) is 4.79 Å². The van der Waals surface area contributed by atoms with Gasteiger partial charge in [-0.1, -0.05) is 11.6 Å². The molecule has 0 unspecified atom stereocenters. The Balaban J connectivity index is 2.73. The van der Waals surface area contributed by atoms with Gasteiger partial charge < -0.3 is 5.73 Å². The Labute approximate surface area is 109 Å². The zero-order chi connectivity index (χ0) is 14.2. The van der Waals surface area contributed by atoms with E-state index >= 15 is 0 Å². The molecule has 0 radical (unpaired) electrons. The molecule has 0 spiro atoms. The fraction of sp³-hybridized carbons (Fsp3) is 0.100. The Bertz CT molecular complexity index is 638. The van der Waals surface area contributed by atoms with Crippen molar-refractivity contribution >= 4 is 17.5 Å². The predicted molar refractivity (Wildman–Crippen MR) is 59.9 cm³/mol. The third-order valence-corrected chi connectivity index (χ3v) is 2.54. The highest BCUT2D eigenvalue weighted by molar-refractivity contribution is 6.32. The second kappa shape index (κ2) is 4.54. The van der Waals surface area contributed by atoms with Crippen molar-refractivity contribution < 1.29 is 18.0 Å². The topological polar surface area (TPSA) is 73.8 Å². The number of alkyl halides is 3. The molecule has 0 aromatic carbocycles. The summed E-state index contributed by atoms with van der Waals surface area (Å²) < 4.78 is 39.4. The molecule has 0 aliphatic rings. The summed E-state index contributed by atoms with van der Waals surface area (Å²) in [6.45, 7) is 0. The standard InChI is InChI=1S/C10H6ClF3N4O/c11-6-2-1-3-16-9(6)18-7(10(12,13)14)5(4-17-18)8(15)19/h1-4H,(H2,15,19). The molecule has 5 nitrogen and oxygen atoms in total. The Morgan fingerprint density at radius 3 is 2.63 bits per heavy atom. The third kappa shape index (κ3) is 2.39. The van der Waals surface area contributed by atoms with Gasteiger partial charge in [-0.2, -0.15) is 18.3 Å². The van der Waals surface area contributed by atoms with Gasteiger partial charge in [0.05, 0.1) is 16.8 Å². The summed E-state index contributed by atoms with van der Waals surface area (Å²) in [4.78, 5) is 14.7. The van der Waals surface area contributed by atoms with Crippen LogP contribution in [0, 0.1) is 0 Å². The number of halogens is 4. The van der Waals surface area contributed by atoms with Crippen LogP contribution in [-0.2, 0) is 6.18 Å². The zero-order valence-electron chi connectivity index (χ0n) is 9.15. The maximum atomic E-state index is 13.0. The van der Waals surface area contributed by atoms with E-state index in [2.05, 4.69) is 10.1 Å². The summed E-state index contributed by atoms with van der Waals surface area (Å²) in [5.74, 6) is -1.46. The van der Waals surface area contributed by atoms with E-state index in [0.717, 1.165) is 6.20 Å². The molecule has 0 bridgehead atoms. The van der Waals surface area contributed by atoms with Gasteiger partial charge in [0, 0.05) is 6.20 Å². The Kier molecular flexibility index (Phi) is 3.19. The first-order valence-corrected chi connectivity index (χ1v) is 5.26. The van der Waals surface area contributed by atoms with E-state index in [1.807, 2.05) is 0 Å². The molecule has 0 saturated carbocycles. The van der Waals surface area contributed by atoms with Crippen LogP contribution in [0.3, 0.4) is 0 Å². The van der Waals surface area contributed by atoms with E-state index in [-0.39, 0.29) is 10.8 Å². The normalized spacial score (nSPS) is 11.6. The monoisotopic (exact) mass is 290 g/mol. The zero-order valence-corrected chi connectivity index (χ0v) is 9.90. The minimum Gasteiger partial charge on any atom is -0.365 e. The molecule has 0 aliphatic heterocycles. The van der Waals surface area contributed by atoms with Crippen LogP contribution in [-0.4, -0.2) is 20.7 Å². The molecule has 0 saturated heterocycles. The third-order valence-electron chi connectivity index (χ3n) is 2.24. The Hall–Kier alpha value is -2.09. The first-order valence-electron chi connectivity index (χ1n) is 4.88. The second-order valence-electron chi connectivity index (χ2n) is 3.49. The molecule has 1 amide bonds. The van der Waals surface area contributed by atoms with Crippen molar-refractivity contribution in [3.05, 3.63) is 40.8 Å². The molecule has 0 fully saturated rings. The lowest BCUT2D eigenvalue weighted by Gasteiger charge is -2.11. The summed E-state index contributed by atoms with van der Waals surface area (Å²) >= 11 is 5.76. The van der Waals surface area contributed by atoms with Crippen LogP contribution in [0.5, 0.6) is 0 Å². The number of hydrogen-bond donors (Lipinski definition) is 1. The minimum absolute atomic E-state index is 0.0351. The number of primary amides is 1. The quantitative estimate of drug-likeness (QED) is 0.920. The van der Waals surface area contributed by atoms with Crippen LogP contribution in [0.4, 0.5) is 13.2 Å². The van der Waals surface area contributed by atoms with Crippen molar-refractivity contribution in [2.75, 3.05) is 0 Å². The number of nitrogens with two attached hydrogens (primary N) is 1. The highest BCUT2D eigenvalue weighted by Crippen LogP contribution is 2.34. The lowest BCUT2D eigenvalue weighted by atomic mass is 10.2. The summed E-state index contributed by atoms with van der Waals surface area (Å²) in [5.41, 5.74) is 2.85. The molecule has 2 aromatic heterocycles. The van der Waals surface area contributed by atoms with Gasteiger partial charge in [0.15, 0.2) is 11.5 Å². The number of pyridine rings is 1. The smallest absolute Gasteiger partial charge is 0.365 e. The first-order chi connectivity index (χ1) is 8.82.